The number of piperazine rings is 1. The fraction of sp³-hybridized carbons (Fsp3) is 0.500. The highest BCUT2D eigenvalue weighted by Gasteiger charge is 2.28. The van der Waals surface area contributed by atoms with E-state index in [0.29, 0.717) is 31.7 Å². The summed E-state index contributed by atoms with van der Waals surface area (Å²) >= 11 is 0. The summed E-state index contributed by atoms with van der Waals surface area (Å²) in [6.45, 7) is 7.89. The number of nitrogens with zero attached hydrogens (tertiary/aromatic N) is 4. The molecule has 140 valence electrons. The van der Waals surface area contributed by atoms with Crippen LogP contribution in [-0.4, -0.2) is 63.6 Å². The van der Waals surface area contributed by atoms with Crippen molar-refractivity contribution < 1.29 is 19.4 Å². The van der Waals surface area contributed by atoms with E-state index in [4.69, 9.17) is 4.74 Å². The van der Waals surface area contributed by atoms with Crippen molar-refractivity contribution in [3.63, 3.8) is 0 Å². The first-order chi connectivity index (χ1) is 12.2. The van der Waals surface area contributed by atoms with Gasteiger partial charge in [-0.2, -0.15) is 5.10 Å². The first-order valence-corrected chi connectivity index (χ1v) is 8.59. The molecule has 0 bridgehead atoms. The van der Waals surface area contributed by atoms with Crippen LogP contribution in [0, 0.1) is 0 Å². The Morgan fingerprint density at radius 2 is 1.81 bits per heavy atom. The van der Waals surface area contributed by atoms with Crippen LogP contribution in [0.15, 0.2) is 18.2 Å². The summed E-state index contributed by atoms with van der Waals surface area (Å²) in [5.41, 5.74) is 0.156. The second-order valence-electron chi connectivity index (χ2n) is 7.41. The maximum atomic E-state index is 12.2. The van der Waals surface area contributed by atoms with E-state index in [-0.39, 0.29) is 11.7 Å². The van der Waals surface area contributed by atoms with Crippen molar-refractivity contribution in [2.45, 2.75) is 26.4 Å². The van der Waals surface area contributed by atoms with Gasteiger partial charge >= 0.3 is 12.1 Å². The lowest BCUT2D eigenvalue weighted by Gasteiger charge is -2.36. The number of hydrogen-bond donors (Lipinski definition) is 1. The lowest BCUT2D eigenvalue weighted by Crippen LogP contribution is -2.50. The minimum atomic E-state index is -0.991. The number of ether oxygens (including phenoxy) is 1. The van der Waals surface area contributed by atoms with E-state index in [1.165, 1.54) is 0 Å². The van der Waals surface area contributed by atoms with E-state index in [1.54, 1.807) is 28.8 Å². The molecule has 2 heterocycles. The minimum absolute atomic E-state index is 0.191. The predicted molar refractivity (Wildman–Crippen MR) is 97.7 cm³/mol. The van der Waals surface area contributed by atoms with Gasteiger partial charge in [-0.15, -0.1) is 0 Å². The second-order valence-corrected chi connectivity index (χ2v) is 7.41. The molecule has 0 atom stereocenters. The average Bonchev–Trinajstić information content (AvgIpc) is 2.88. The highest BCUT2D eigenvalue weighted by Crippen LogP contribution is 2.29. The lowest BCUT2D eigenvalue weighted by molar-refractivity contribution is 0.0240. The molecule has 2 aromatic rings. The Kier molecular flexibility index (Phi) is 4.52. The topological polar surface area (TPSA) is 87.9 Å². The summed E-state index contributed by atoms with van der Waals surface area (Å²) in [6, 6.07) is 5.17. The van der Waals surface area contributed by atoms with Crippen LogP contribution in [0.4, 0.5) is 10.6 Å². The van der Waals surface area contributed by atoms with Gasteiger partial charge in [-0.25, -0.2) is 9.59 Å². The molecule has 0 radical (unpaired) electrons. The van der Waals surface area contributed by atoms with E-state index < -0.39 is 11.6 Å². The molecule has 0 saturated carbocycles. The molecule has 1 N–H and O–H groups in total. The third-order valence-electron chi connectivity index (χ3n) is 4.29. The number of fused-ring (bicyclic) bond motifs is 1. The van der Waals surface area contributed by atoms with Crippen LogP contribution in [-0.2, 0) is 11.8 Å². The van der Waals surface area contributed by atoms with Crippen molar-refractivity contribution >= 4 is 28.8 Å². The number of aryl methyl sites for hydroxylation is 1. The fourth-order valence-corrected chi connectivity index (χ4v) is 3.18. The fourth-order valence-electron chi connectivity index (χ4n) is 3.18. The van der Waals surface area contributed by atoms with Crippen molar-refractivity contribution in [3.05, 3.63) is 23.8 Å². The highest BCUT2D eigenvalue weighted by atomic mass is 16.6. The van der Waals surface area contributed by atoms with Crippen LogP contribution in [0.1, 0.15) is 31.1 Å². The molecule has 1 aliphatic heterocycles. The van der Waals surface area contributed by atoms with Crippen LogP contribution in [0.25, 0.3) is 10.9 Å². The monoisotopic (exact) mass is 360 g/mol. The van der Waals surface area contributed by atoms with E-state index in [1.807, 2.05) is 26.8 Å². The molecular formula is C18H24N4O4. The third kappa shape index (κ3) is 3.44. The Morgan fingerprint density at radius 3 is 2.38 bits per heavy atom. The Labute approximate surface area is 151 Å². The molecule has 3 rings (SSSR count). The lowest BCUT2D eigenvalue weighted by atomic mass is 10.1. The number of carboxylic acid groups (broad SMARTS) is 1. The van der Waals surface area contributed by atoms with Crippen LogP contribution in [0.3, 0.4) is 0 Å². The molecule has 26 heavy (non-hydrogen) atoms. The van der Waals surface area contributed by atoms with Gasteiger partial charge in [0, 0.05) is 38.6 Å². The summed E-state index contributed by atoms with van der Waals surface area (Å²) in [6.07, 6.45) is -0.305. The smallest absolute Gasteiger partial charge is 0.410 e. The maximum absolute atomic E-state index is 12.2. The third-order valence-corrected chi connectivity index (χ3v) is 4.29. The summed E-state index contributed by atoms with van der Waals surface area (Å²) in [5, 5.41) is 14.6. The first-order valence-electron chi connectivity index (χ1n) is 8.59. The predicted octanol–water partition coefficient (Wildman–Crippen LogP) is 2.33. The van der Waals surface area contributed by atoms with Gasteiger partial charge < -0.3 is 19.6 Å². The zero-order chi connectivity index (χ0) is 19.1. The van der Waals surface area contributed by atoms with Crippen molar-refractivity contribution in [1.29, 1.82) is 0 Å². The molecule has 0 spiro atoms. The zero-order valence-corrected chi connectivity index (χ0v) is 15.5. The summed E-state index contributed by atoms with van der Waals surface area (Å²) in [4.78, 5) is 27.5. The van der Waals surface area contributed by atoms with Crippen LogP contribution in [0.2, 0.25) is 0 Å². The van der Waals surface area contributed by atoms with Gasteiger partial charge in [0.25, 0.3) is 0 Å². The zero-order valence-electron chi connectivity index (χ0n) is 15.5. The largest absolute Gasteiger partial charge is 0.478 e. The van der Waals surface area contributed by atoms with E-state index >= 15 is 0 Å². The number of hydrogen-bond acceptors (Lipinski definition) is 5. The van der Waals surface area contributed by atoms with Gasteiger partial charge in [0.15, 0.2) is 0 Å². The Bertz CT molecular complexity index is 845. The SMILES string of the molecule is Cn1nc2c(C(=O)O)cccc2c1N1CCN(C(=O)OC(C)(C)C)CC1. The number of aromatic nitrogens is 2. The number of aromatic carboxylic acids is 1. The van der Waals surface area contributed by atoms with Crippen LogP contribution < -0.4 is 4.90 Å². The quantitative estimate of drug-likeness (QED) is 0.884. The van der Waals surface area contributed by atoms with Crippen molar-refractivity contribution in [2.75, 3.05) is 31.1 Å². The van der Waals surface area contributed by atoms with E-state index in [2.05, 4.69) is 10.00 Å². The molecule has 1 aliphatic rings. The standard InChI is InChI=1S/C18H24N4O4/c1-18(2,3)26-17(25)22-10-8-21(9-11-22)15-12-6-5-7-13(16(23)24)14(12)19-20(15)4/h5-7H,8-11H2,1-4H3,(H,23,24). The number of carboxylic acids is 1. The van der Waals surface area contributed by atoms with Crippen molar-refractivity contribution in [2.24, 2.45) is 7.05 Å². The minimum Gasteiger partial charge on any atom is -0.478 e. The van der Waals surface area contributed by atoms with Gasteiger partial charge in [0.05, 0.1) is 5.56 Å². The number of amides is 1. The molecule has 0 unspecified atom stereocenters. The maximum Gasteiger partial charge on any atom is 0.410 e. The molecule has 1 aromatic carbocycles. The molecule has 1 saturated heterocycles. The van der Waals surface area contributed by atoms with Crippen LogP contribution in [0.5, 0.6) is 0 Å². The molecular weight excluding hydrogens is 336 g/mol. The van der Waals surface area contributed by atoms with E-state index in [9.17, 15) is 14.7 Å². The Balaban J connectivity index is 1.80. The van der Waals surface area contributed by atoms with Gasteiger partial charge in [-0.05, 0) is 32.9 Å². The Hall–Kier alpha value is -2.77. The number of carbonyl (C=O) groups excluding carboxylic acids is 1. The van der Waals surface area contributed by atoms with Gasteiger partial charge in [0.2, 0.25) is 0 Å². The molecule has 8 heteroatoms. The molecule has 1 aromatic heterocycles. The van der Waals surface area contributed by atoms with E-state index in [0.717, 1.165) is 11.2 Å². The van der Waals surface area contributed by atoms with Crippen molar-refractivity contribution in [3.8, 4) is 0 Å². The number of carbonyl (C=O) groups is 2. The normalized spacial score (nSPS) is 15.4. The summed E-state index contributed by atoms with van der Waals surface area (Å²) in [5.74, 6) is -0.123. The molecule has 1 fully saturated rings. The van der Waals surface area contributed by atoms with Crippen LogP contribution >= 0.6 is 0 Å². The van der Waals surface area contributed by atoms with Gasteiger partial charge in [-0.1, -0.05) is 6.07 Å². The molecule has 8 nitrogen and oxygen atoms in total. The van der Waals surface area contributed by atoms with Gasteiger partial charge in [0.1, 0.15) is 16.9 Å². The number of rotatable bonds is 2. The first kappa shape index (κ1) is 18.0. The molecule has 1 amide bonds. The molecule has 0 aliphatic carbocycles. The van der Waals surface area contributed by atoms with Crippen molar-refractivity contribution in [1.82, 2.24) is 14.7 Å². The average molecular weight is 360 g/mol. The Morgan fingerprint density at radius 1 is 1.15 bits per heavy atom. The number of anilines is 1. The van der Waals surface area contributed by atoms with Gasteiger partial charge in [-0.3, -0.25) is 4.68 Å². The summed E-state index contributed by atoms with van der Waals surface area (Å²) < 4.78 is 7.13. The summed E-state index contributed by atoms with van der Waals surface area (Å²) in [7, 11) is 1.81. The second kappa shape index (κ2) is 6.51. The number of benzene rings is 1. The highest BCUT2D eigenvalue weighted by molar-refractivity contribution is 6.05.